The molecule has 3 atom stereocenters. The van der Waals surface area contributed by atoms with Crippen LogP contribution in [-0.2, 0) is 0 Å². The van der Waals surface area contributed by atoms with Gasteiger partial charge in [0.15, 0.2) is 0 Å². The van der Waals surface area contributed by atoms with Crippen molar-refractivity contribution in [2.45, 2.75) is 51.7 Å². The predicted molar refractivity (Wildman–Crippen MR) is 75.9 cm³/mol. The van der Waals surface area contributed by atoms with Crippen molar-refractivity contribution in [3.05, 3.63) is 29.6 Å². The van der Waals surface area contributed by atoms with E-state index in [1.165, 1.54) is 25.0 Å². The average Bonchev–Trinajstić information content (AvgIpc) is 2.38. The fraction of sp³-hybridized carbons (Fsp3) is 0.625. The summed E-state index contributed by atoms with van der Waals surface area (Å²) in [4.78, 5) is 0. The van der Waals surface area contributed by atoms with E-state index in [4.69, 9.17) is 4.74 Å². The Hall–Kier alpha value is -1.09. The summed E-state index contributed by atoms with van der Waals surface area (Å²) in [5.74, 6) is 1.17. The molecule has 1 fully saturated rings. The minimum absolute atomic E-state index is 0.164. The topological polar surface area (TPSA) is 21.3 Å². The van der Waals surface area contributed by atoms with Gasteiger partial charge in [0.2, 0.25) is 0 Å². The van der Waals surface area contributed by atoms with Crippen molar-refractivity contribution in [3.63, 3.8) is 0 Å². The molecule has 0 amide bonds. The highest BCUT2D eigenvalue weighted by Gasteiger charge is 2.22. The number of halogens is 1. The molecular weight excluding hydrogens is 241 g/mol. The van der Waals surface area contributed by atoms with E-state index in [-0.39, 0.29) is 18.0 Å². The van der Waals surface area contributed by atoms with E-state index in [0.29, 0.717) is 11.7 Å². The first-order valence-corrected chi connectivity index (χ1v) is 7.23. The molecule has 106 valence electrons. The maximum Gasteiger partial charge on any atom is 0.127 e. The molecule has 1 aliphatic rings. The Kier molecular flexibility index (Phi) is 4.81. The molecule has 19 heavy (non-hydrogen) atoms. The molecule has 2 rings (SSSR count). The molecule has 0 aliphatic heterocycles. The standard InChI is InChI=1S/C16H24FNO/c1-11-5-4-6-14(9-11)19-16-10-13(17)7-8-15(16)12(2)18-3/h7-8,10-12,14,18H,4-6,9H2,1-3H3. The number of benzene rings is 1. The highest BCUT2D eigenvalue weighted by Crippen LogP contribution is 2.31. The highest BCUT2D eigenvalue weighted by molar-refractivity contribution is 5.36. The molecule has 0 saturated heterocycles. The molecule has 0 aromatic heterocycles. The van der Waals surface area contributed by atoms with E-state index in [1.54, 1.807) is 0 Å². The molecule has 3 unspecified atom stereocenters. The van der Waals surface area contributed by atoms with Crippen molar-refractivity contribution < 1.29 is 9.13 Å². The summed E-state index contributed by atoms with van der Waals surface area (Å²) in [5, 5.41) is 3.18. The second kappa shape index (κ2) is 6.38. The number of hydrogen-bond acceptors (Lipinski definition) is 2. The van der Waals surface area contributed by atoms with E-state index in [1.807, 2.05) is 13.1 Å². The van der Waals surface area contributed by atoms with Crippen molar-refractivity contribution >= 4 is 0 Å². The zero-order valence-electron chi connectivity index (χ0n) is 12.1. The smallest absolute Gasteiger partial charge is 0.127 e. The van der Waals surface area contributed by atoms with Crippen molar-refractivity contribution in [3.8, 4) is 5.75 Å². The van der Waals surface area contributed by atoms with Gasteiger partial charge in [0, 0.05) is 17.7 Å². The predicted octanol–water partition coefficient (Wildman–Crippen LogP) is 4.06. The Balaban J connectivity index is 2.15. The van der Waals surface area contributed by atoms with E-state index >= 15 is 0 Å². The van der Waals surface area contributed by atoms with E-state index < -0.39 is 0 Å². The Morgan fingerprint density at radius 3 is 2.84 bits per heavy atom. The molecule has 1 aliphatic carbocycles. The second-order valence-corrected chi connectivity index (χ2v) is 5.70. The average molecular weight is 265 g/mol. The van der Waals surface area contributed by atoms with Crippen molar-refractivity contribution in [2.75, 3.05) is 7.05 Å². The van der Waals surface area contributed by atoms with Gasteiger partial charge in [-0.25, -0.2) is 4.39 Å². The fourth-order valence-electron chi connectivity index (χ4n) is 2.79. The largest absolute Gasteiger partial charge is 0.490 e. The highest BCUT2D eigenvalue weighted by atomic mass is 19.1. The third-order valence-corrected chi connectivity index (χ3v) is 4.06. The van der Waals surface area contributed by atoms with Gasteiger partial charge in [0.25, 0.3) is 0 Å². The van der Waals surface area contributed by atoms with Crippen LogP contribution < -0.4 is 10.1 Å². The summed E-state index contributed by atoms with van der Waals surface area (Å²) < 4.78 is 19.5. The molecule has 1 N–H and O–H groups in total. The Morgan fingerprint density at radius 2 is 2.16 bits per heavy atom. The van der Waals surface area contributed by atoms with Crippen LogP contribution in [0, 0.1) is 11.7 Å². The molecule has 0 bridgehead atoms. The summed E-state index contributed by atoms with van der Waals surface area (Å²) in [5.41, 5.74) is 1.03. The first kappa shape index (κ1) is 14.3. The summed E-state index contributed by atoms with van der Waals surface area (Å²) in [6.45, 7) is 4.32. The zero-order valence-corrected chi connectivity index (χ0v) is 12.1. The van der Waals surface area contributed by atoms with Gasteiger partial charge >= 0.3 is 0 Å². The van der Waals surface area contributed by atoms with Crippen LogP contribution in [0.1, 0.15) is 51.1 Å². The van der Waals surface area contributed by atoms with Gasteiger partial charge in [-0.2, -0.15) is 0 Å². The monoisotopic (exact) mass is 265 g/mol. The lowest BCUT2D eigenvalue weighted by Gasteiger charge is -2.29. The zero-order chi connectivity index (χ0) is 13.8. The van der Waals surface area contributed by atoms with Crippen LogP contribution >= 0.6 is 0 Å². The number of nitrogens with one attached hydrogen (secondary N) is 1. The molecule has 2 nitrogen and oxygen atoms in total. The van der Waals surface area contributed by atoms with Crippen LogP contribution in [-0.4, -0.2) is 13.2 Å². The van der Waals surface area contributed by atoms with Gasteiger partial charge in [-0.05, 0) is 45.2 Å². The molecular formula is C16H24FNO. The molecule has 1 aromatic rings. The quantitative estimate of drug-likeness (QED) is 0.886. The molecule has 1 saturated carbocycles. The number of rotatable bonds is 4. The second-order valence-electron chi connectivity index (χ2n) is 5.70. The first-order valence-electron chi connectivity index (χ1n) is 7.23. The van der Waals surface area contributed by atoms with Crippen molar-refractivity contribution in [1.82, 2.24) is 5.32 Å². The number of ether oxygens (including phenoxy) is 1. The third kappa shape index (κ3) is 3.69. The van der Waals surface area contributed by atoms with E-state index in [0.717, 1.165) is 18.4 Å². The van der Waals surface area contributed by atoms with Gasteiger partial charge < -0.3 is 10.1 Å². The van der Waals surface area contributed by atoms with Crippen LogP contribution in [0.4, 0.5) is 4.39 Å². The van der Waals surface area contributed by atoms with Crippen LogP contribution in [0.5, 0.6) is 5.75 Å². The molecule has 3 heteroatoms. The fourth-order valence-corrected chi connectivity index (χ4v) is 2.79. The molecule has 1 aromatic carbocycles. The lowest BCUT2D eigenvalue weighted by molar-refractivity contribution is 0.127. The first-order chi connectivity index (χ1) is 9.10. The van der Waals surface area contributed by atoms with Crippen LogP contribution in [0.3, 0.4) is 0 Å². The Bertz CT molecular complexity index is 421. The lowest BCUT2D eigenvalue weighted by atomic mass is 9.88. The molecule has 0 radical (unpaired) electrons. The lowest BCUT2D eigenvalue weighted by Crippen LogP contribution is -2.25. The van der Waals surface area contributed by atoms with Crippen molar-refractivity contribution in [2.24, 2.45) is 5.92 Å². The normalized spacial score (nSPS) is 25.1. The van der Waals surface area contributed by atoms with Crippen molar-refractivity contribution in [1.29, 1.82) is 0 Å². The summed E-state index contributed by atoms with van der Waals surface area (Å²) in [6, 6.07) is 5.00. The van der Waals surface area contributed by atoms with Crippen LogP contribution in [0.25, 0.3) is 0 Å². The van der Waals surface area contributed by atoms with Gasteiger partial charge in [0.05, 0.1) is 6.10 Å². The molecule has 0 spiro atoms. The Morgan fingerprint density at radius 1 is 1.37 bits per heavy atom. The van der Waals surface area contributed by atoms with Crippen LogP contribution in [0.2, 0.25) is 0 Å². The van der Waals surface area contributed by atoms with E-state index in [9.17, 15) is 4.39 Å². The van der Waals surface area contributed by atoms with Gasteiger partial charge in [-0.3, -0.25) is 0 Å². The van der Waals surface area contributed by atoms with Crippen LogP contribution in [0.15, 0.2) is 18.2 Å². The summed E-state index contributed by atoms with van der Waals surface area (Å²) >= 11 is 0. The van der Waals surface area contributed by atoms with Gasteiger partial charge in [-0.1, -0.05) is 19.4 Å². The summed E-state index contributed by atoms with van der Waals surface area (Å²) in [7, 11) is 1.90. The SMILES string of the molecule is CNC(C)c1ccc(F)cc1OC1CCCC(C)C1. The number of hydrogen-bond donors (Lipinski definition) is 1. The Labute approximate surface area is 115 Å². The van der Waals surface area contributed by atoms with Gasteiger partial charge in [0.1, 0.15) is 11.6 Å². The maximum atomic E-state index is 13.4. The van der Waals surface area contributed by atoms with E-state index in [2.05, 4.69) is 19.2 Å². The summed E-state index contributed by atoms with van der Waals surface area (Å²) in [6.07, 6.45) is 4.87. The molecule has 0 heterocycles. The maximum absolute atomic E-state index is 13.4. The third-order valence-electron chi connectivity index (χ3n) is 4.06. The minimum atomic E-state index is -0.231. The minimum Gasteiger partial charge on any atom is -0.490 e. The van der Waals surface area contributed by atoms with Gasteiger partial charge in [-0.15, -0.1) is 0 Å².